The number of carbonyl (C=O) groups is 1. The Kier molecular flexibility index (Phi) is 5.62. The van der Waals surface area contributed by atoms with Crippen LogP contribution in [-0.4, -0.2) is 19.1 Å². The molecule has 1 N–H and O–H groups in total. The average molecular weight is 253 g/mol. The van der Waals surface area contributed by atoms with E-state index in [9.17, 15) is 9.18 Å². The summed E-state index contributed by atoms with van der Waals surface area (Å²) in [5.74, 6) is 0.417. The fraction of sp³-hybridized carbons (Fsp3) is 0.500. The van der Waals surface area contributed by atoms with Crippen LogP contribution in [0.2, 0.25) is 0 Å². The Bertz CT molecular complexity index is 405. The number of carbonyl (C=O) groups excluding carboxylic acids is 1. The summed E-state index contributed by atoms with van der Waals surface area (Å²) in [6, 6.07) is 4.28. The first-order chi connectivity index (χ1) is 8.49. The number of amides is 1. The molecule has 0 aliphatic heterocycles. The van der Waals surface area contributed by atoms with E-state index in [-0.39, 0.29) is 18.3 Å². The highest BCUT2D eigenvalue weighted by molar-refractivity contribution is 5.77. The predicted molar refractivity (Wildman–Crippen MR) is 69.1 cm³/mol. The smallest absolute Gasteiger partial charge is 0.257 e. The lowest BCUT2D eigenvalue weighted by atomic mass is 10.1. The number of halogens is 1. The number of aryl methyl sites for hydroxylation is 1. The minimum Gasteiger partial charge on any atom is -0.483 e. The maximum Gasteiger partial charge on any atom is 0.257 e. The van der Waals surface area contributed by atoms with Crippen molar-refractivity contribution in [3.8, 4) is 5.75 Å². The van der Waals surface area contributed by atoms with Gasteiger partial charge in [-0.15, -0.1) is 0 Å². The van der Waals surface area contributed by atoms with Crippen molar-refractivity contribution in [1.29, 1.82) is 0 Å². The van der Waals surface area contributed by atoms with Gasteiger partial charge in [-0.3, -0.25) is 4.79 Å². The van der Waals surface area contributed by atoms with Crippen molar-refractivity contribution in [2.45, 2.75) is 27.2 Å². The Morgan fingerprint density at radius 2 is 2.17 bits per heavy atom. The lowest BCUT2D eigenvalue weighted by Crippen LogP contribution is -2.30. The lowest BCUT2D eigenvalue weighted by Gasteiger charge is -2.10. The molecule has 0 unspecified atom stereocenters. The number of hydrogen-bond donors (Lipinski definition) is 1. The van der Waals surface area contributed by atoms with Gasteiger partial charge in [0.15, 0.2) is 6.61 Å². The Morgan fingerprint density at radius 3 is 2.83 bits per heavy atom. The normalized spacial score (nSPS) is 10.5. The summed E-state index contributed by atoms with van der Waals surface area (Å²) in [6.07, 6.45) is 0.935. The minimum atomic E-state index is -0.365. The van der Waals surface area contributed by atoms with Crippen molar-refractivity contribution in [1.82, 2.24) is 5.32 Å². The van der Waals surface area contributed by atoms with Crippen molar-refractivity contribution in [3.05, 3.63) is 29.6 Å². The van der Waals surface area contributed by atoms with Gasteiger partial charge in [-0.2, -0.15) is 0 Å². The van der Waals surface area contributed by atoms with Gasteiger partial charge in [0.05, 0.1) is 0 Å². The molecule has 0 aromatic heterocycles. The van der Waals surface area contributed by atoms with Gasteiger partial charge in [-0.05, 0) is 30.9 Å². The quantitative estimate of drug-likeness (QED) is 0.846. The zero-order chi connectivity index (χ0) is 13.5. The molecule has 0 aliphatic carbocycles. The Balaban J connectivity index is 2.36. The van der Waals surface area contributed by atoms with Gasteiger partial charge in [0.1, 0.15) is 11.6 Å². The molecular weight excluding hydrogens is 233 g/mol. The number of rotatable bonds is 6. The molecule has 0 heterocycles. The molecule has 4 heteroatoms. The molecule has 3 nitrogen and oxygen atoms in total. The summed E-state index contributed by atoms with van der Waals surface area (Å²) >= 11 is 0. The van der Waals surface area contributed by atoms with E-state index in [0.29, 0.717) is 18.2 Å². The molecule has 0 saturated heterocycles. The molecular formula is C14H20FNO2. The van der Waals surface area contributed by atoms with Gasteiger partial charge in [0, 0.05) is 12.6 Å². The van der Waals surface area contributed by atoms with Crippen LogP contribution >= 0.6 is 0 Å². The standard InChI is InChI=1S/C14H20FNO2/c1-10(2)6-7-16-14(17)9-18-13-8-12(15)5-4-11(13)3/h4-5,8,10H,6-7,9H2,1-3H3,(H,16,17). The van der Waals surface area contributed by atoms with E-state index >= 15 is 0 Å². The molecule has 0 atom stereocenters. The molecule has 0 aliphatic rings. The molecule has 1 amide bonds. The van der Waals surface area contributed by atoms with Crippen LogP contribution in [0.5, 0.6) is 5.75 Å². The Hall–Kier alpha value is -1.58. The van der Waals surface area contributed by atoms with E-state index in [1.807, 2.05) is 6.92 Å². The van der Waals surface area contributed by atoms with Crippen LogP contribution in [-0.2, 0) is 4.79 Å². The minimum absolute atomic E-state index is 0.0810. The first-order valence-electron chi connectivity index (χ1n) is 6.14. The monoisotopic (exact) mass is 253 g/mol. The third-order valence-electron chi connectivity index (χ3n) is 2.55. The molecule has 0 spiro atoms. The summed E-state index contributed by atoms with van der Waals surface area (Å²) in [4.78, 5) is 11.5. The Labute approximate surface area is 107 Å². The van der Waals surface area contributed by atoms with E-state index in [2.05, 4.69) is 19.2 Å². The summed E-state index contributed by atoms with van der Waals surface area (Å²) in [5.41, 5.74) is 0.811. The van der Waals surface area contributed by atoms with Crippen LogP contribution in [0.3, 0.4) is 0 Å². The first-order valence-corrected chi connectivity index (χ1v) is 6.14. The second kappa shape index (κ2) is 6.99. The maximum absolute atomic E-state index is 13.0. The zero-order valence-corrected chi connectivity index (χ0v) is 11.1. The van der Waals surface area contributed by atoms with Crippen molar-refractivity contribution in [2.24, 2.45) is 5.92 Å². The van der Waals surface area contributed by atoms with Crippen molar-refractivity contribution in [2.75, 3.05) is 13.2 Å². The van der Waals surface area contributed by atoms with Crippen LogP contribution in [0.1, 0.15) is 25.8 Å². The largest absolute Gasteiger partial charge is 0.483 e. The van der Waals surface area contributed by atoms with Crippen LogP contribution in [0, 0.1) is 18.7 Å². The van der Waals surface area contributed by atoms with Gasteiger partial charge < -0.3 is 10.1 Å². The van der Waals surface area contributed by atoms with Crippen molar-refractivity contribution in [3.63, 3.8) is 0 Å². The van der Waals surface area contributed by atoms with E-state index in [4.69, 9.17) is 4.74 Å². The summed E-state index contributed by atoms with van der Waals surface area (Å²) < 4.78 is 18.3. The number of hydrogen-bond acceptors (Lipinski definition) is 2. The highest BCUT2D eigenvalue weighted by Gasteiger charge is 2.06. The molecule has 1 rings (SSSR count). The van der Waals surface area contributed by atoms with E-state index < -0.39 is 0 Å². The fourth-order valence-corrected chi connectivity index (χ4v) is 1.42. The molecule has 0 bridgehead atoms. The van der Waals surface area contributed by atoms with E-state index in [1.165, 1.54) is 12.1 Å². The zero-order valence-electron chi connectivity index (χ0n) is 11.1. The predicted octanol–water partition coefficient (Wildman–Crippen LogP) is 2.68. The molecule has 18 heavy (non-hydrogen) atoms. The second-order valence-corrected chi connectivity index (χ2v) is 4.73. The molecule has 1 aromatic rings. The summed E-state index contributed by atoms with van der Waals surface area (Å²) in [5, 5.41) is 2.76. The SMILES string of the molecule is Cc1ccc(F)cc1OCC(=O)NCCC(C)C. The summed E-state index contributed by atoms with van der Waals surface area (Å²) in [6.45, 7) is 6.56. The van der Waals surface area contributed by atoms with Crippen LogP contribution in [0.25, 0.3) is 0 Å². The van der Waals surface area contributed by atoms with Gasteiger partial charge >= 0.3 is 0 Å². The highest BCUT2D eigenvalue weighted by Crippen LogP contribution is 2.18. The van der Waals surface area contributed by atoms with Crippen LogP contribution < -0.4 is 10.1 Å². The third-order valence-corrected chi connectivity index (χ3v) is 2.55. The van der Waals surface area contributed by atoms with E-state index in [1.54, 1.807) is 6.07 Å². The molecule has 0 radical (unpaired) electrons. The molecule has 0 saturated carbocycles. The van der Waals surface area contributed by atoms with Crippen LogP contribution in [0.4, 0.5) is 4.39 Å². The number of nitrogens with one attached hydrogen (secondary N) is 1. The van der Waals surface area contributed by atoms with Crippen molar-refractivity contribution < 1.29 is 13.9 Å². The number of ether oxygens (including phenoxy) is 1. The van der Waals surface area contributed by atoms with E-state index in [0.717, 1.165) is 12.0 Å². The van der Waals surface area contributed by atoms with Gasteiger partial charge in [-0.1, -0.05) is 19.9 Å². The lowest BCUT2D eigenvalue weighted by molar-refractivity contribution is -0.123. The Morgan fingerprint density at radius 1 is 1.44 bits per heavy atom. The second-order valence-electron chi connectivity index (χ2n) is 4.73. The average Bonchev–Trinajstić information content (AvgIpc) is 2.30. The third kappa shape index (κ3) is 5.17. The van der Waals surface area contributed by atoms with Crippen LogP contribution in [0.15, 0.2) is 18.2 Å². The summed E-state index contributed by atoms with van der Waals surface area (Å²) in [7, 11) is 0. The first kappa shape index (κ1) is 14.5. The highest BCUT2D eigenvalue weighted by atomic mass is 19.1. The fourth-order valence-electron chi connectivity index (χ4n) is 1.42. The van der Waals surface area contributed by atoms with Gasteiger partial charge in [0.25, 0.3) is 5.91 Å². The van der Waals surface area contributed by atoms with Crippen molar-refractivity contribution >= 4 is 5.91 Å². The molecule has 0 fully saturated rings. The molecule has 100 valence electrons. The topological polar surface area (TPSA) is 38.3 Å². The van der Waals surface area contributed by atoms with Gasteiger partial charge in [0.2, 0.25) is 0 Å². The number of benzene rings is 1. The van der Waals surface area contributed by atoms with Gasteiger partial charge in [-0.25, -0.2) is 4.39 Å². The maximum atomic E-state index is 13.0. The molecule has 1 aromatic carbocycles.